The van der Waals surface area contributed by atoms with Crippen LogP contribution in [0.3, 0.4) is 0 Å². The Morgan fingerprint density at radius 2 is 1.64 bits per heavy atom. The van der Waals surface area contributed by atoms with E-state index < -0.39 is 0 Å². The van der Waals surface area contributed by atoms with Crippen molar-refractivity contribution in [3.8, 4) is 0 Å². The average molecular weight is 393 g/mol. The minimum absolute atomic E-state index is 0.0210. The number of pyridine rings is 2. The van der Waals surface area contributed by atoms with Crippen molar-refractivity contribution in [2.24, 2.45) is 0 Å². The van der Waals surface area contributed by atoms with Crippen molar-refractivity contribution >= 4 is 17.5 Å². The molecule has 3 aromatic rings. The number of aromatic nitrogens is 2. The van der Waals surface area contributed by atoms with E-state index in [0.717, 1.165) is 18.7 Å². The lowest BCUT2D eigenvalue weighted by Gasteiger charge is -2.39. The zero-order chi connectivity index (χ0) is 19.3. The molecule has 4 rings (SSSR count). The van der Waals surface area contributed by atoms with Crippen LogP contribution in [0.2, 0.25) is 5.02 Å². The molecule has 1 aliphatic heterocycles. The third-order valence-corrected chi connectivity index (χ3v) is 5.24. The normalized spacial score (nSPS) is 16.0. The van der Waals surface area contributed by atoms with E-state index in [-0.39, 0.29) is 11.9 Å². The summed E-state index contributed by atoms with van der Waals surface area (Å²) >= 11 is 5.98. The Balaban J connectivity index is 1.51. The number of carbonyl (C=O) groups is 1. The van der Waals surface area contributed by atoms with Crippen molar-refractivity contribution in [1.82, 2.24) is 19.8 Å². The van der Waals surface area contributed by atoms with E-state index in [9.17, 15) is 4.79 Å². The molecule has 142 valence electrons. The van der Waals surface area contributed by atoms with E-state index in [1.165, 1.54) is 11.8 Å². The fourth-order valence-corrected chi connectivity index (χ4v) is 3.86. The SMILES string of the molecule is O=C(c1cncc(Cl)c1)N1CCN(C(c2ccccc2)c2cccnc2)CC1. The van der Waals surface area contributed by atoms with Gasteiger partial charge in [-0.15, -0.1) is 0 Å². The highest BCUT2D eigenvalue weighted by molar-refractivity contribution is 6.30. The van der Waals surface area contributed by atoms with Crippen molar-refractivity contribution in [3.63, 3.8) is 0 Å². The Bertz CT molecular complexity index is 888. The molecule has 0 N–H and O–H groups in total. The van der Waals surface area contributed by atoms with Crippen LogP contribution in [0.1, 0.15) is 27.5 Å². The summed E-state index contributed by atoms with van der Waals surface area (Å²) in [5, 5.41) is 0.477. The van der Waals surface area contributed by atoms with Crippen molar-refractivity contribution < 1.29 is 4.79 Å². The molecule has 1 atom stereocenters. The third kappa shape index (κ3) is 4.06. The second-order valence-electron chi connectivity index (χ2n) is 6.82. The van der Waals surface area contributed by atoms with Crippen LogP contribution in [0.15, 0.2) is 73.3 Å². The first-order chi connectivity index (χ1) is 13.7. The smallest absolute Gasteiger partial charge is 0.255 e. The number of hydrogen-bond donors (Lipinski definition) is 0. The lowest BCUT2D eigenvalue weighted by atomic mass is 9.97. The molecular weight excluding hydrogens is 372 g/mol. The van der Waals surface area contributed by atoms with E-state index >= 15 is 0 Å². The van der Waals surface area contributed by atoms with Crippen molar-refractivity contribution in [2.45, 2.75) is 6.04 Å². The van der Waals surface area contributed by atoms with Gasteiger partial charge in [-0.05, 0) is 23.3 Å². The van der Waals surface area contributed by atoms with Gasteiger partial charge in [0.05, 0.1) is 16.6 Å². The number of halogens is 1. The van der Waals surface area contributed by atoms with Crippen LogP contribution in [-0.2, 0) is 0 Å². The first-order valence-electron chi connectivity index (χ1n) is 9.31. The zero-order valence-corrected chi connectivity index (χ0v) is 16.2. The van der Waals surface area contributed by atoms with Crippen LogP contribution >= 0.6 is 11.6 Å². The molecule has 0 bridgehead atoms. The van der Waals surface area contributed by atoms with Gasteiger partial charge in [-0.25, -0.2) is 0 Å². The quantitative estimate of drug-likeness (QED) is 0.679. The number of nitrogens with zero attached hydrogens (tertiary/aromatic N) is 4. The van der Waals surface area contributed by atoms with Gasteiger partial charge < -0.3 is 4.90 Å². The van der Waals surface area contributed by atoms with E-state index in [2.05, 4.69) is 45.2 Å². The molecule has 28 heavy (non-hydrogen) atoms. The summed E-state index contributed by atoms with van der Waals surface area (Å²) in [7, 11) is 0. The largest absolute Gasteiger partial charge is 0.336 e. The van der Waals surface area contributed by atoms with Gasteiger partial charge in [-0.3, -0.25) is 19.7 Å². The molecule has 0 aliphatic carbocycles. The van der Waals surface area contributed by atoms with Gasteiger partial charge in [-0.2, -0.15) is 0 Å². The number of carbonyl (C=O) groups excluding carboxylic acids is 1. The standard InChI is InChI=1S/C22H21ClN4O/c23-20-13-19(15-25-16-20)22(28)27-11-9-26(10-12-27)21(17-5-2-1-3-6-17)18-7-4-8-24-14-18/h1-8,13-16,21H,9-12H2. The molecule has 1 saturated heterocycles. The second kappa shape index (κ2) is 8.50. The van der Waals surface area contributed by atoms with Crippen molar-refractivity contribution in [3.05, 3.63) is 95.0 Å². The highest BCUT2D eigenvalue weighted by Crippen LogP contribution is 2.29. The molecule has 1 fully saturated rings. The molecule has 6 heteroatoms. The van der Waals surface area contributed by atoms with Gasteiger partial charge in [-0.1, -0.05) is 48.0 Å². The van der Waals surface area contributed by atoms with Crippen LogP contribution in [0, 0.1) is 0 Å². The third-order valence-electron chi connectivity index (χ3n) is 5.03. The number of benzene rings is 1. The minimum Gasteiger partial charge on any atom is -0.336 e. The summed E-state index contributed by atoms with van der Waals surface area (Å²) in [4.78, 5) is 25.4. The van der Waals surface area contributed by atoms with Crippen molar-refractivity contribution in [2.75, 3.05) is 26.2 Å². The van der Waals surface area contributed by atoms with Crippen LogP contribution in [-0.4, -0.2) is 51.9 Å². The predicted octanol–water partition coefficient (Wildman–Crippen LogP) is 3.68. The molecule has 1 unspecified atom stereocenters. The molecule has 1 aliphatic rings. The Morgan fingerprint density at radius 3 is 2.32 bits per heavy atom. The van der Waals surface area contributed by atoms with Gasteiger partial charge in [0.1, 0.15) is 0 Å². The topological polar surface area (TPSA) is 49.3 Å². The van der Waals surface area contributed by atoms with E-state index in [1.54, 1.807) is 18.5 Å². The number of piperazine rings is 1. The molecule has 0 radical (unpaired) electrons. The van der Waals surface area contributed by atoms with Gasteiger partial charge in [0.2, 0.25) is 0 Å². The highest BCUT2D eigenvalue weighted by atomic mass is 35.5. The lowest BCUT2D eigenvalue weighted by Crippen LogP contribution is -2.49. The summed E-state index contributed by atoms with van der Waals surface area (Å²) in [5.74, 6) is -0.0210. The van der Waals surface area contributed by atoms with Gasteiger partial charge in [0.15, 0.2) is 0 Å². The van der Waals surface area contributed by atoms with Crippen LogP contribution in [0.4, 0.5) is 0 Å². The molecule has 1 amide bonds. The maximum atomic E-state index is 12.8. The van der Waals surface area contributed by atoms with Crippen molar-refractivity contribution in [1.29, 1.82) is 0 Å². The van der Waals surface area contributed by atoms with E-state index in [1.807, 2.05) is 23.2 Å². The van der Waals surface area contributed by atoms with Crippen LogP contribution in [0.25, 0.3) is 0 Å². The Kier molecular flexibility index (Phi) is 5.65. The first kappa shape index (κ1) is 18.6. The number of rotatable bonds is 4. The average Bonchev–Trinajstić information content (AvgIpc) is 2.75. The monoisotopic (exact) mass is 392 g/mol. The summed E-state index contributed by atoms with van der Waals surface area (Å²) in [6.45, 7) is 2.90. The summed E-state index contributed by atoms with van der Waals surface area (Å²) in [6, 6.07) is 16.3. The molecule has 1 aromatic carbocycles. The molecule has 2 aromatic heterocycles. The van der Waals surface area contributed by atoms with Gasteiger partial charge >= 0.3 is 0 Å². The second-order valence-corrected chi connectivity index (χ2v) is 7.26. The molecule has 0 spiro atoms. The van der Waals surface area contributed by atoms with E-state index in [4.69, 9.17) is 11.6 Å². The van der Waals surface area contributed by atoms with Gasteiger partial charge in [0, 0.05) is 51.0 Å². The number of amides is 1. The van der Waals surface area contributed by atoms with Crippen LogP contribution < -0.4 is 0 Å². The van der Waals surface area contributed by atoms with Crippen LogP contribution in [0.5, 0.6) is 0 Å². The summed E-state index contributed by atoms with van der Waals surface area (Å²) < 4.78 is 0. The Morgan fingerprint density at radius 1 is 0.893 bits per heavy atom. The Labute approximate surface area is 169 Å². The maximum absolute atomic E-state index is 12.8. The molecule has 0 saturated carbocycles. The predicted molar refractivity (Wildman–Crippen MR) is 109 cm³/mol. The van der Waals surface area contributed by atoms with Gasteiger partial charge in [0.25, 0.3) is 5.91 Å². The molecule has 5 nitrogen and oxygen atoms in total. The molecular formula is C22H21ClN4O. The zero-order valence-electron chi connectivity index (χ0n) is 15.4. The summed E-state index contributed by atoms with van der Waals surface area (Å²) in [6.07, 6.45) is 6.83. The Hall–Kier alpha value is -2.76. The first-order valence-corrected chi connectivity index (χ1v) is 9.69. The maximum Gasteiger partial charge on any atom is 0.255 e. The fourth-order valence-electron chi connectivity index (χ4n) is 3.68. The molecule has 3 heterocycles. The van der Waals surface area contributed by atoms with E-state index in [0.29, 0.717) is 23.7 Å². The number of hydrogen-bond acceptors (Lipinski definition) is 4. The fraction of sp³-hybridized carbons (Fsp3) is 0.227. The summed E-state index contributed by atoms with van der Waals surface area (Å²) in [5.41, 5.74) is 2.93. The highest BCUT2D eigenvalue weighted by Gasteiger charge is 2.28. The lowest BCUT2D eigenvalue weighted by molar-refractivity contribution is 0.0597. The minimum atomic E-state index is -0.0210.